The Morgan fingerprint density at radius 2 is 1.79 bits per heavy atom. The number of benzene rings is 1. The van der Waals surface area contributed by atoms with Crippen LogP contribution in [-0.2, 0) is 0 Å². The molecule has 0 fully saturated rings. The number of hydrazine groups is 1. The van der Waals surface area contributed by atoms with Gasteiger partial charge in [-0.1, -0.05) is 36.5 Å². The first kappa shape index (κ1) is 18.5. The van der Waals surface area contributed by atoms with Gasteiger partial charge in [0.15, 0.2) is 0 Å². The highest BCUT2D eigenvalue weighted by molar-refractivity contribution is 5.91. The van der Waals surface area contributed by atoms with E-state index >= 15 is 0 Å². The van der Waals surface area contributed by atoms with Crippen LogP contribution < -0.4 is 10.4 Å². The number of aromatic carboxylic acids is 1. The Labute approximate surface area is 163 Å². The lowest BCUT2D eigenvalue weighted by Crippen LogP contribution is -2.48. The Balaban J connectivity index is 1.66. The van der Waals surface area contributed by atoms with Gasteiger partial charge < -0.3 is 15.3 Å². The number of hydrogen-bond donors (Lipinski definition) is 4. The van der Waals surface area contributed by atoms with Crippen LogP contribution in [-0.4, -0.2) is 45.5 Å². The minimum Gasteiger partial charge on any atom is -0.478 e. The number of aliphatic hydroxyl groups excluding tert-OH is 2. The molecule has 0 bridgehead atoms. The van der Waals surface area contributed by atoms with E-state index in [2.05, 4.69) is 11.5 Å². The average Bonchev–Trinajstić information content (AvgIpc) is 3.13. The molecule has 7 nitrogen and oxygen atoms in total. The van der Waals surface area contributed by atoms with Crippen LogP contribution in [0.15, 0.2) is 65.7 Å². The molecule has 4 N–H and O–H groups in total. The van der Waals surface area contributed by atoms with Crippen LogP contribution >= 0.6 is 0 Å². The van der Waals surface area contributed by atoms with Crippen molar-refractivity contribution in [1.82, 2.24) is 5.43 Å². The molecule has 3 aliphatic rings. The summed E-state index contributed by atoms with van der Waals surface area (Å²) in [5.74, 6) is -0.770. The van der Waals surface area contributed by atoms with Crippen LogP contribution in [0.1, 0.15) is 23.2 Å². The summed E-state index contributed by atoms with van der Waals surface area (Å²) in [7, 11) is 0. The summed E-state index contributed by atoms with van der Waals surface area (Å²) in [5.41, 5.74) is 4.24. The van der Waals surface area contributed by atoms with Crippen molar-refractivity contribution in [1.29, 1.82) is 0 Å². The lowest BCUT2D eigenvalue weighted by molar-refractivity contribution is 0.0697. The number of hydrogen-bond acceptors (Lipinski definition) is 6. The summed E-state index contributed by atoms with van der Waals surface area (Å²) in [6, 6.07) is 6.54. The van der Waals surface area contributed by atoms with Gasteiger partial charge in [-0.05, 0) is 37.1 Å². The van der Waals surface area contributed by atoms with Gasteiger partial charge in [0.25, 0.3) is 0 Å². The standard InChI is InChI=1S/C21H23N3O4/c25-17-7-3-1-5-15(17)19-22-20(16-6-2-4-8-18(16)26)24(23-19)14-11-9-13(10-12-14)21(27)28/h1-5,7,9-12,15-18,20,25-26H,6,8H2,(H,22,23)(H,27,28). The monoisotopic (exact) mass is 381 g/mol. The molecule has 0 spiro atoms. The number of allylic oxidation sites excluding steroid dienone is 3. The summed E-state index contributed by atoms with van der Waals surface area (Å²) in [6.45, 7) is 0. The van der Waals surface area contributed by atoms with Crippen LogP contribution in [0.5, 0.6) is 0 Å². The first-order chi connectivity index (χ1) is 13.5. The summed E-state index contributed by atoms with van der Waals surface area (Å²) in [4.78, 5) is 16.0. The molecule has 1 aromatic carbocycles. The van der Waals surface area contributed by atoms with Gasteiger partial charge in [0.1, 0.15) is 12.0 Å². The second kappa shape index (κ2) is 7.61. The molecule has 2 aliphatic carbocycles. The highest BCUT2D eigenvalue weighted by Crippen LogP contribution is 2.33. The maximum atomic E-state index is 11.1. The van der Waals surface area contributed by atoms with Crippen LogP contribution in [0.2, 0.25) is 0 Å². The zero-order valence-corrected chi connectivity index (χ0v) is 15.2. The molecular weight excluding hydrogens is 358 g/mol. The van der Waals surface area contributed by atoms with Crippen molar-refractivity contribution < 1.29 is 20.1 Å². The third-order valence-electron chi connectivity index (χ3n) is 5.41. The van der Waals surface area contributed by atoms with Gasteiger partial charge in [-0.15, -0.1) is 0 Å². The van der Waals surface area contributed by atoms with E-state index in [1.54, 1.807) is 36.4 Å². The first-order valence-corrected chi connectivity index (χ1v) is 9.37. The molecule has 0 aromatic heterocycles. The Morgan fingerprint density at radius 1 is 1.07 bits per heavy atom. The number of carboxylic acids is 1. The molecule has 0 radical (unpaired) electrons. The number of aliphatic hydroxyl groups is 2. The Bertz CT molecular complexity index is 859. The van der Waals surface area contributed by atoms with Crippen molar-refractivity contribution in [3.05, 3.63) is 66.3 Å². The van der Waals surface area contributed by atoms with Crippen LogP contribution in [0.3, 0.4) is 0 Å². The van der Waals surface area contributed by atoms with E-state index in [1.165, 1.54) is 0 Å². The van der Waals surface area contributed by atoms with Gasteiger partial charge in [-0.2, -0.15) is 0 Å². The van der Waals surface area contributed by atoms with Crippen LogP contribution in [0.25, 0.3) is 0 Å². The topological polar surface area (TPSA) is 105 Å². The fraction of sp³-hybridized carbons (Fsp3) is 0.333. The molecule has 146 valence electrons. The lowest BCUT2D eigenvalue weighted by Gasteiger charge is -2.34. The fourth-order valence-corrected chi connectivity index (χ4v) is 3.84. The number of aliphatic imine (C=N–C) groups is 1. The number of nitrogens with one attached hydrogen (secondary N) is 1. The number of nitrogens with zero attached hydrogens (tertiary/aromatic N) is 2. The van der Waals surface area contributed by atoms with E-state index in [4.69, 9.17) is 10.1 Å². The van der Waals surface area contributed by atoms with E-state index in [0.717, 1.165) is 5.69 Å². The molecule has 1 aliphatic heterocycles. The molecule has 4 rings (SSSR count). The molecule has 28 heavy (non-hydrogen) atoms. The number of amidine groups is 1. The zero-order chi connectivity index (χ0) is 19.7. The van der Waals surface area contributed by atoms with E-state index < -0.39 is 18.2 Å². The SMILES string of the molecule is O=C(O)c1ccc(N2NC(C3C=CC=CC3O)=NC2C2CC=CCC2O)cc1. The molecular formula is C21H23N3O4. The molecule has 1 heterocycles. The summed E-state index contributed by atoms with van der Waals surface area (Å²) in [5, 5.41) is 31.9. The molecule has 5 unspecified atom stereocenters. The maximum absolute atomic E-state index is 11.1. The highest BCUT2D eigenvalue weighted by Gasteiger charge is 2.39. The first-order valence-electron chi connectivity index (χ1n) is 9.37. The minimum absolute atomic E-state index is 0.116. The van der Waals surface area contributed by atoms with Crippen molar-refractivity contribution in [3.8, 4) is 0 Å². The van der Waals surface area contributed by atoms with E-state index in [9.17, 15) is 15.0 Å². The number of carboxylic acid groups (broad SMARTS) is 1. The largest absolute Gasteiger partial charge is 0.478 e. The summed E-state index contributed by atoms with van der Waals surface area (Å²) in [6.07, 6.45) is 11.0. The third kappa shape index (κ3) is 3.46. The molecule has 7 heteroatoms. The number of anilines is 1. The van der Waals surface area contributed by atoms with Crippen molar-refractivity contribution in [2.24, 2.45) is 16.8 Å². The predicted molar refractivity (Wildman–Crippen MR) is 106 cm³/mol. The Kier molecular flexibility index (Phi) is 5.02. The smallest absolute Gasteiger partial charge is 0.335 e. The van der Waals surface area contributed by atoms with E-state index in [1.807, 2.05) is 23.2 Å². The van der Waals surface area contributed by atoms with Crippen molar-refractivity contribution in [3.63, 3.8) is 0 Å². The summed E-state index contributed by atoms with van der Waals surface area (Å²) >= 11 is 0. The molecule has 0 amide bonds. The quantitative estimate of drug-likeness (QED) is 0.594. The highest BCUT2D eigenvalue weighted by atomic mass is 16.4. The predicted octanol–water partition coefficient (Wildman–Crippen LogP) is 1.86. The minimum atomic E-state index is -0.982. The van der Waals surface area contributed by atoms with Gasteiger partial charge in [0, 0.05) is 5.92 Å². The molecule has 1 aromatic rings. The second-order valence-electron chi connectivity index (χ2n) is 7.22. The summed E-state index contributed by atoms with van der Waals surface area (Å²) < 4.78 is 0. The number of carbonyl (C=O) groups is 1. The molecule has 0 saturated carbocycles. The van der Waals surface area contributed by atoms with Gasteiger partial charge >= 0.3 is 5.97 Å². The van der Waals surface area contributed by atoms with E-state index in [0.29, 0.717) is 18.7 Å². The number of rotatable bonds is 4. The molecule has 5 atom stereocenters. The lowest BCUT2D eigenvalue weighted by atomic mass is 9.88. The van der Waals surface area contributed by atoms with Crippen molar-refractivity contribution in [2.75, 3.05) is 5.01 Å². The van der Waals surface area contributed by atoms with Crippen LogP contribution in [0.4, 0.5) is 5.69 Å². The van der Waals surface area contributed by atoms with Crippen molar-refractivity contribution in [2.45, 2.75) is 31.2 Å². The fourth-order valence-electron chi connectivity index (χ4n) is 3.84. The maximum Gasteiger partial charge on any atom is 0.335 e. The van der Waals surface area contributed by atoms with Gasteiger partial charge in [-0.25, -0.2) is 9.79 Å². The van der Waals surface area contributed by atoms with Gasteiger partial charge in [0.2, 0.25) is 0 Å². The zero-order valence-electron chi connectivity index (χ0n) is 15.2. The normalized spacial score (nSPS) is 31.6. The second-order valence-corrected chi connectivity index (χ2v) is 7.22. The Morgan fingerprint density at radius 3 is 2.46 bits per heavy atom. The van der Waals surface area contributed by atoms with Crippen LogP contribution in [0, 0.1) is 11.8 Å². The van der Waals surface area contributed by atoms with Gasteiger partial charge in [-0.3, -0.25) is 10.4 Å². The van der Waals surface area contributed by atoms with Gasteiger partial charge in [0.05, 0.1) is 29.4 Å². The Hall–Kier alpha value is -2.90. The average molecular weight is 381 g/mol. The van der Waals surface area contributed by atoms with Crippen molar-refractivity contribution >= 4 is 17.5 Å². The molecule has 0 saturated heterocycles. The third-order valence-corrected chi connectivity index (χ3v) is 5.41. The van der Waals surface area contributed by atoms with E-state index in [-0.39, 0.29) is 23.6 Å².